The number of carbonyl (C=O) groups is 2. The van der Waals surface area contributed by atoms with Crippen molar-refractivity contribution in [3.8, 4) is 34.1 Å². The summed E-state index contributed by atoms with van der Waals surface area (Å²) in [5.41, 5.74) is 1.46. The van der Waals surface area contributed by atoms with Gasteiger partial charge in [0.25, 0.3) is 0 Å². The molecule has 0 aromatic heterocycles. The van der Waals surface area contributed by atoms with Gasteiger partial charge < -0.3 is 38.6 Å². The zero-order valence-corrected chi connectivity index (χ0v) is 34.0. The van der Waals surface area contributed by atoms with Gasteiger partial charge in [-0.2, -0.15) is 0 Å². The number of ether oxygens (including phenoxy) is 6. The summed E-state index contributed by atoms with van der Waals surface area (Å²) in [6.07, 6.45) is 9.97. The molecule has 3 aromatic rings. The molecule has 0 amide bonds. The standard InChI is InChI=1S/C46H61FO10/c1-6-7-8-9-10-13-24-52-39-18-20-40(21-19-39)53-26-27-54-43-23-17-37(29-41(43)47)36-16-22-42(38(28-36)15-12-11-14-25-55-44(50)34(2)3)56-32-46(30-48,31-49)33-57-45(51)35(4)5/h16-23,28-29,48-49H,2,4,6-15,24-27,30-33H2,1,3,5H3. The van der Waals surface area contributed by atoms with Crippen molar-refractivity contribution in [3.63, 3.8) is 0 Å². The SMILES string of the molecule is C=C(C)C(=O)OCCCCCc1cc(-c2ccc(OCCOc3ccc(OCCCCCCCC)cc3)c(F)c2)ccc1OCC(CO)(CO)COC(=O)C(=C)C. The molecule has 0 aliphatic carbocycles. The van der Waals surface area contributed by atoms with Gasteiger partial charge >= 0.3 is 11.9 Å². The maximum atomic E-state index is 15.3. The van der Waals surface area contributed by atoms with E-state index in [0.717, 1.165) is 36.1 Å². The number of hydrogen-bond donors (Lipinski definition) is 2. The van der Waals surface area contributed by atoms with Crippen LogP contribution in [0.5, 0.6) is 23.0 Å². The molecule has 0 unspecified atom stereocenters. The third kappa shape index (κ3) is 16.6. The largest absolute Gasteiger partial charge is 0.494 e. The number of carbonyl (C=O) groups excluding carboxylic acids is 2. The van der Waals surface area contributed by atoms with E-state index >= 15 is 4.39 Å². The van der Waals surface area contributed by atoms with Crippen LogP contribution in [0, 0.1) is 11.2 Å². The lowest BCUT2D eigenvalue weighted by atomic mass is 9.92. The van der Waals surface area contributed by atoms with Gasteiger partial charge in [-0.3, -0.25) is 0 Å². The van der Waals surface area contributed by atoms with Crippen molar-refractivity contribution in [1.82, 2.24) is 0 Å². The van der Waals surface area contributed by atoms with Crippen LogP contribution in [0.2, 0.25) is 0 Å². The molecule has 0 fully saturated rings. The molecule has 0 aliphatic heterocycles. The van der Waals surface area contributed by atoms with E-state index in [4.69, 9.17) is 28.4 Å². The predicted molar refractivity (Wildman–Crippen MR) is 219 cm³/mol. The Hall–Kier alpha value is -4.87. The molecule has 10 nitrogen and oxygen atoms in total. The van der Waals surface area contributed by atoms with Gasteiger partial charge in [0, 0.05) is 11.1 Å². The fourth-order valence-electron chi connectivity index (χ4n) is 5.64. The molecule has 0 saturated heterocycles. The summed E-state index contributed by atoms with van der Waals surface area (Å²) in [5, 5.41) is 20.3. The first-order valence-electron chi connectivity index (χ1n) is 19.9. The molecule has 0 radical (unpaired) electrons. The first kappa shape index (κ1) is 46.5. The average molecular weight is 793 g/mol. The number of esters is 2. The number of hydrogen-bond acceptors (Lipinski definition) is 10. The summed E-state index contributed by atoms with van der Waals surface area (Å²) in [4.78, 5) is 23.7. The molecule has 11 heteroatoms. The Balaban J connectivity index is 1.60. The third-order valence-corrected chi connectivity index (χ3v) is 9.26. The second-order valence-electron chi connectivity index (χ2n) is 14.4. The predicted octanol–water partition coefficient (Wildman–Crippen LogP) is 8.99. The minimum atomic E-state index is -1.26. The van der Waals surface area contributed by atoms with E-state index in [2.05, 4.69) is 20.1 Å². The first-order chi connectivity index (χ1) is 27.5. The summed E-state index contributed by atoms with van der Waals surface area (Å²) >= 11 is 0. The zero-order chi connectivity index (χ0) is 41.5. The lowest BCUT2D eigenvalue weighted by Crippen LogP contribution is -2.41. The van der Waals surface area contributed by atoms with E-state index < -0.39 is 36.4 Å². The maximum Gasteiger partial charge on any atom is 0.333 e. The number of halogens is 1. The molecule has 0 heterocycles. The fraction of sp³-hybridized carbons (Fsp3) is 0.478. The van der Waals surface area contributed by atoms with Crippen LogP contribution in [0.4, 0.5) is 4.39 Å². The van der Waals surface area contributed by atoms with Gasteiger partial charge in [-0.15, -0.1) is 0 Å². The Morgan fingerprint density at radius 3 is 1.79 bits per heavy atom. The van der Waals surface area contributed by atoms with Crippen molar-refractivity contribution in [3.05, 3.63) is 96.3 Å². The highest BCUT2D eigenvalue weighted by atomic mass is 19.1. The van der Waals surface area contributed by atoms with Crippen LogP contribution in [0.1, 0.15) is 84.1 Å². The van der Waals surface area contributed by atoms with Gasteiger partial charge in [-0.25, -0.2) is 14.0 Å². The summed E-state index contributed by atoms with van der Waals surface area (Å²) in [6.45, 7) is 12.4. The van der Waals surface area contributed by atoms with Crippen LogP contribution < -0.4 is 18.9 Å². The molecule has 0 aliphatic rings. The smallest absolute Gasteiger partial charge is 0.333 e. The van der Waals surface area contributed by atoms with Crippen LogP contribution in [0.3, 0.4) is 0 Å². The van der Waals surface area contributed by atoms with Gasteiger partial charge in [-0.1, -0.05) is 64.3 Å². The highest BCUT2D eigenvalue weighted by Crippen LogP contribution is 2.32. The third-order valence-electron chi connectivity index (χ3n) is 9.26. The van der Waals surface area contributed by atoms with Crippen LogP contribution in [0.25, 0.3) is 11.1 Å². The van der Waals surface area contributed by atoms with E-state index in [0.29, 0.717) is 42.1 Å². The normalized spacial score (nSPS) is 11.1. The van der Waals surface area contributed by atoms with Crippen LogP contribution in [-0.4, -0.2) is 75.0 Å². The van der Waals surface area contributed by atoms with Crippen molar-refractivity contribution in [1.29, 1.82) is 0 Å². The molecule has 0 atom stereocenters. The lowest BCUT2D eigenvalue weighted by Gasteiger charge is -2.29. The van der Waals surface area contributed by atoms with E-state index in [1.807, 2.05) is 30.3 Å². The minimum absolute atomic E-state index is 0.102. The van der Waals surface area contributed by atoms with E-state index in [1.54, 1.807) is 31.2 Å². The summed E-state index contributed by atoms with van der Waals surface area (Å²) in [5.74, 6) is 0.484. The molecule has 0 bridgehead atoms. The number of unbranched alkanes of at least 4 members (excludes halogenated alkanes) is 7. The van der Waals surface area contributed by atoms with Gasteiger partial charge in [-0.05, 0) is 111 Å². The molecule has 3 rings (SSSR count). The van der Waals surface area contributed by atoms with Gasteiger partial charge in [0.15, 0.2) is 11.6 Å². The average Bonchev–Trinajstić information content (AvgIpc) is 3.21. The first-order valence-corrected chi connectivity index (χ1v) is 19.9. The summed E-state index contributed by atoms with van der Waals surface area (Å²) in [7, 11) is 0. The minimum Gasteiger partial charge on any atom is -0.494 e. The summed E-state index contributed by atoms with van der Waals surface area (Å²) in [6, 6.07) is 17.7. The van der Waals surface area contributed by atoms with Crippen molar-refractivity contribution in [2.45, 2.75) is 85.0 Å². The Morgan fingerprint density at radius 1 is 0.614 bits per heavy atom. The maximum absolute atomic E-state index is 15.3. The van der Waals surface area contributed by atoms with Crippen molar-refractivity contribution in [2.24, 2.45) is 5.41 Å². The number of rotatable bonds is 29. The van der Waals surface area contributed by atoms with Gasteiger partial charge in [0.2, 0.25) is 0 Å². The van der Waals surface area contributed by atoms with Gasteiger partial charge in [0.05, 0.1) is 31.8 Å². The molecular formula is C46H61FO10. The number of aryl methyl sites for hydroxylation is 1. The van der Waals surface area contributed by atoms with Crippen LogP contribution in [0.15, 0.2) is 85.0 Å². The molecule has 2 N–H and O–H groups in total. The Bertz CT molecular complexity index is 1700. The highest BCUT2D eigenvalue weighted by molar-refractivity contribution is 5.87. The molecule has 57 heavy (non-hydrogen) atoms. The molecule has 312 valence electrons. The van der Waals surface area contributed by atoms with E-state index in [1.165, 1.54) is 45.1 Å². The quantitative estimate of drug-likeness (QED) is 0.0399. The van der Waals surface area contributed by atoms with Gasteiger partial charge in [0.1, 0.15) is 43.7 Å². The molecular weight excluding hydrogens is 731 g/mol. The van der Waals surface area contributed by atoms with Crippen molar-refractivity contribution in [2.75, 3.05) is 52.9 Å². The Labute approximate surface area is 337 Å². The monoisotopic (exact) mass is 792 g/mol. The van der Waals surface area contributed by atoms with Crippen molar-refractivity contribution < 1.29 is 52.6 Å². The number of aliphatic hydroxyl groups is 2. The second kappa shape index (κ2) is 25.4. The Morgan fingerprint density at radius 2 is 1.16 bits per heavy atom. The number of benzene rings is 3. The molecule has 0 saturated carbocycles. The fourth-order valence-corrected chi connectivity index (χ4v) is 5.64. The summed E-state index contributed by atoms with van der Waals surface area (Å²) < 4.78 is 49.2. The number of aliphatic hydroxyl groups excluding tert-OH is 2. The topological polar surface area (TPSA) is 130 Å². The molecule has 0 spiro atoms. The van der Waals surface area contributed by atoms with E-state index in [9.17, 15) is 19.8 Å². The van der Waals surface area contributed by atoms with Crippen LogP contribution in [-0.2, 0) is 25.5 Å². The second-order valence-corrected chi connectivity index (χ2v) is 14.4. The van der Waals surface area contributed by atoms with E-state index in [-0.39, 0.29) is 44.4 Å². The zero-order valence-electron chi connectivity index (χ0n) is 34.0. The lowest BCUT2D eigenvalue weighted by molar-refractivity contribution is -0.146. The Kier molecular flexibility index (Phi) is 20.7. The highest BCUT2D eigenvalue weighted by Gasteiger charge is 2.32. The van der Waals surface area contributed by atoms with Crippen LogP contribution >= 0.6 is 0 Å². The van der Waals surface area contributed by atoms with Crippen molar-refractivity contribution >= 4 is 11.9 Å². The molecule has 3 aromatic carbocycles.